The molecule has 5 aromatic carbocycles. The third-order valence-electron chi connectivity index (χ3n) is 9.73. The van der Waals surface area contributed by atoms with Crippen LogP contribution in [0, 0.1) is 34.6 Å². The number of rotatable bonds is 4. The van der Waals surface area contributed by atoms with Crippen LogP contribution in [-0.2, 0) is 0 Å². The maximum Gasteiger partial charge on any atom is 0.266 e. The van der Waals surface area contributed by atoms with Crippen LogP contribution in [-0.4, -0.2) is 23.6 Å². The fourth-order valence-corrected chi connectivity index (χ4v) is 6.61. The molecule has 0 aromatic heterocycles. The molecule has 0 saturated carbocycles. The monoisotopic (exact) mass is 620 g/mol. The van der Waals surface area contributed by atoms with E-state index in [9.17, 15) is 19.2 Å². The van der Waals surface area contributed by atoms with Crippen molar-refractivity contribution in [2.24, 2.45) is 0 Å². The summed E-state index contributed by atoms with van der Waals surface area (Å²) in [5.41, 5.74) is 23.5. The normalized spacial score (nSPS) is 13.9. The number of carbonyl (C=O) groups excluding carboxylic acids is 4. The molecule has 0 bridgehead atoms. The van der Waals surface area contributed by atoms with Gasteiger partial charge in [-0.05, 0) is 139 Å². The fraction of sp³-hybridized carbons (Fsp3) is 0.128. The minimum Gasteiger partial charge on any atom is -0.399 e. The molecule has 0 radical (unpaired) electrons. The number of fused-ring (bicyclic) bond motifs is 2. The van der Waals surface area contributed by atoms with Crippen LogP contribution >= 0.6 is 0 Å². The molecule has 8 heteroatoms. The zero-order chi connectivity index (χ0) is 33.5. The third-order valence-corrected chi connectivity index (χ3v) is 9.73. The lowest BCUT2D eigenvalue weighted by atomic mass is 9.94. The van der Waals surface area contributed by atoms with Gasteiger partial charge in [0.1, 0.15) is 0 Å². The van der Waals surface area contributed by atoms with Crippen molar-refractivity contribution in [1.29, 1.82) is 0 Å². The van der Waals surface area contributed by atoms with Crippen LogP contribution in [0.4, 0.5) is 22.7 Å². The van der Waals surface area contributed by atoms with Gasteiger partial charge in [0.2, 0.25) is 0 Å². The molecule has 0 saturated heterocycles. The van der Waals surface area contributed by atoms with Crippen molar-refractivity contribution >= 4 is 46.4 Å². The Bertz CT molecular complexity index is 2270. The van der Waals surface area contributed by atoms with Crippen LogP contribution in [0.5, 0.6) is 0 Å². The Morgan fingerprint density at radius 2 is 0.851 bits per heavy atom. The van der Waals surface area contributed by atoms with Crippen molar-refractivity contribution < 1.29 is 19.2 Å². The molecule has 0 atom stereocenters. The van der Waals surface area contributed by atoms with E-state index in [4.69, 9.17) is 11.5 Å². The molecule has 47 heavy (non-hydrogen) atoms. The zero-order valence-electron chi connectivity index (χ0n) is 26.7. The van der Waals surface area contributed by atoms with Gasteiger partial charge in [-0.1, -0.05) is 24.3 Å². The first-order chi connectivity index (χ1) is 22.4. The topological polar surface area (TPSA) is 127 Å². The van der Waals surface area contributed by atoms with Gasteiger partial charge in [0.15, 0.2) is 0 Å². The van der Waals surface area contributed by atoms with Gasteiger partial charge in [0.25, 0.3) is 23.6 Å². The van der Waals surface area contributed by atoms with Crippen LogP contribution in [0.1, 0.15) is 69.2 Å². The largest absolute Gasteiger partial charge is 0.399 e. The molecule has 0 spiro atoms. The summed E-state index contributed by atoms with van der Waals surface area (Å²) in [6, 6.07) is 22.9. The molecule has 2 aliphatic heterocycles. The van der Waals surface area contributed by atoms with Gasteiger partial charge in [-0.15, -0.1) is 0 Å². The summed E-state index contributed by atoms with van der Waals surface area (Å²) < 4.78 is 0. The Balaban J connectivity index is 1.19. The highest BCUT2D eigenvalue weighted by atomic mass is 16.2. The quantitative estimate of drug-likeness (QED) is 0.160. The Hall–Kier alpha value is -6.02. The van der Waals surface area contributed by atoms with E-state index in [0.717, 1.165) is 54.3 Å². The molecule has 2 heterocycles. The molecular weight excluding hydrogens is 588 g/mol. The van der Waals surface area contributed by atoms with Crippen LogP contribution in [0.25, 0.3) is 22.3 Å². The second-order valence-electron chi connectivity index (χ2n) is 12.3. The van der Waals surface area contributed by atoms with Crippen molar-refractivity contribution in [2.75, 3.05) is 21.3 Å². The van der Waals surface area contributed by atoms with Crippen LogP contribution < -0.4 is 21.3 Å². The maximum atomic E-state index is 13.7. The SMILES string of the molecule is Cc1cc(N2C(=O)c3ccc(-c4ccc(N)c(C)c4C)cc3C2=O)ccc1N1C(=O)c2ccc(-c3ccc(N)c(C)c3C)cc2C1=O. The van der Waals surface area contributed by atoms with Gasteiger partial charge >= 0.3 is 0 Å². The van der Waals surface area contributed by atoms with E-state index >= 15 is 0 Å². The van der Waals surface area contributed by atoms with Crippen molar-refractivity contribution in [2.45, 2.75) is 34.6 Å². The molecule has 4 N–H and O–H groups in total. The van der Waals surface area contributed by atoms with Crippen molar-refractivity contribution in [3.63, 3.8) is 0 Å². The summed E-state index contributed by atoms with van der Waals surface area (Å²) >= 11 is 0. The Labute approximate surface area is 272 Å². The molecule has 232 valence electrons. The summed E-state index contributed by atoms with van der Waals surface area (Å²) in [7, 11) is 0. The third kappa shape index (κ3) is 4.36. The summed E-state index contributed by atoms with van der Waals surface area (Å²) in [4.78, 5) is 56.7. The highest BCUT2D eigenvalue weighted by molar-refractivity contribution is 6.36. The fourth-order valence-electron chi connectivity index (χ4n) is 6.61. The maximum absolute atomic E-state index is 13.7. The van der Waals surface area contributed by atoms with E-state index in [1.807, 2.05) is 64.1 Å². The van der Waals surface area contributed by atoms with Crippen molar-refractivity contribution in [3.8, 4) is 22.3 Å². The molecule has 7 rings (SSSR count). The lowest BCUT2D eigenvalue weighted by Gasteiger charge is -2.20. The first-order valence-electron chi connectivity index (χ1n) is 15.3. The van der Waals surface area contributed by atoms with E-state index in [-0.39, 0.29) is 0 Å². The number of hydrogen-bond donors (Lipinski definition) is 2. The molecule has 2 aliphatic rings. The Morgan fingerprint density at radius 1 is 0.426 bits per heavy atom. The molecule has 5 aromatic rings. The zero-order valence-corrected chi connectivity index (χ0v) is 26.7. The van der Waals surface area contributed by atoms with Gasteiger partial charge in [0, 0.05) is 11.4 Å². The summed E-state index contributed by atoms with van der Waals surface area (Å²) in [6.07, 6.45) is 0. The lowest BCUT2D eigenvalue weighted by molar-refractivity contribution is 0.0909. The molecule has 4 amide bonds. The smallest absolute Gasteiger partial charge is 0.266 e. The summed E-state index contributed by atoms with van der Waals surface area (Å²) in [5, 5.41) is 0. The number of nitrogen functional groups attached to an aromatic ring is 2. The molecule has 0 aliphatic carbocycles. The van der Waals surface area contributed by atoms with Gasteiger partial charge in [-0.25, -0.2) is 9.80 Å². The number of amides is 4. The second kappa shape index (κ2) is 10.5. The predicted molar refractivity (Wildman–Crippen MR) is 185 cm³/mol. The number of benzene rings is 5. The van der Waals surface area contributed by atoms with Crippen molar-refractivity contribution in [1.82, 2.24) is 0 Å². The number of nitrogens with zero attached hydrogens (tertiary/aromatic N) is 2. The second-order valence-corrected chi connectivity index (χ2v) is 12.3. The van der Waals surface area contributed by atoms with Gasteiger partial charge < -0.3 is 11.5 Å². The van der Waals surface area contributed by atoms with Crippen LogP contribution in [0.15, 0.2) is 78.9 Å². The average molecular weight is 621 g/mol. The van der Waals surface area contributed by atoms with Crippen LogP contribution in [0.2, 0.25) is 0 Å². The first-order valence-corrected chi connectivity index (χ1v) is 15.3. The van der Waals surface area contributed by atoms with E-state index < -0.39 is 23.6 Å². The van der Waals surface area contributed by atoms with E-state index in [2.05, 4.69) is 0 Å². The van der Waals surface area contributed by atoms with E-state index in [1.54, 1.807) is 49.4 Å². The number of hydrogen-bond acceptors (Lipinski definition) is 6. The highest BCUT2D eigenvalue weighted by Crippen LogP contribution is 2.38. The Morgan fingerprint density at radius 3 is 1.34 bits per heavy atom. The number of anilines is 4. The minimum atomic E-state index is -0.440. The average Bonchev–Trinajstić information content (AvgIpc) is 3.45. The number of carbonyl (C=O) groups is 4. The van der Waals surface area contributed by atoms with Gasteiger partial charge in [-0.3, -0.25) is 19.2 Å². The lowest BCUT2D eigenvalue weighted by Crippen LogP contribution is -2.31. The molecule has 0 unspecified atom stereocenters. The van der Waals surface area contributed by atoms with E-state index in [0.29, 0.717) is 50.6 Å². The minimum absolute atomic E-state index is 0.311. The Kier molecular flexibility index (Phi) is 6.64. The molecule has 8 nitrogen and oxygen atoms in total. The molecule has 0 fully saturated rings. The summed E-state index contributed by atoms with van der Waals surface area (Å²) in [5.74, 6) is -1.74. The van der Waals surface area contributed by atoms with Gasteiger partial charge in [-0.2, -0.15) is 0 Å². The first kappa shape index (κ1) is 29.7. The number of imide groups is 2. The number of nitrogens with two attached hydrogens (primary N) is 2. The van der Waals surface area contributed by atoms with Crippen LogP contribution in [0.3, 0.4) is 0 Å². The van der Waals surface area contributed by atoms with E-state index in [1.165, 1.54) is 0 Å². The molecular formula is C39H32N4O4. The van der Waals surface area contributed by atoms with Gasteiger partial charge in [0.05, 0.1) is 33.6 Å². The van der Waals surface area contributed by atoms with Crippen molar-refractivity contribution in [3.05, 3.63) is 129 Å². The summed E-state index contributed by atoms with van der Waals surface area (Å²) in [6.45, 7) is 9.61. The predicted octanol–water partition coefficient (Wildman–Crippen LogP) is 7.33. The standard InChI is InChI=1S/C39H32N4O4/c1-19-16-26(42-36(44)29-9-6-24(17-31(29)38(42)46)27-11-13-33(40)22(4)20(27)2)8-15-35(19)43-37(45)30-10-7-25(18-32(30)39(43)47)28-12-14-34(41)23(5)21(28)3/h6-18H,40-41H2,1-5H3. The highest BCUT2D eigenvalue weighted by Gasteiger charge is 2.40. The number of aryl methyl sites for hydroxylation is 1.